The van der Waals surface area contributed by atoms with Crippen LogP contribution in [0.25, 0.3) is 0 Å². The van der Waals surface area contributed by atoms with Crippen molar-refractivity contribution < 1.29 is 32.0 Å². The van der Waals surface area contributed by atoms with Crippen LogP contribution in [0.2, 0.25) is 0 Å². The summed E-state index contributed by atoms with van der Waals surface area (Å²) in [5, 5.41) is 0. The van der Waals surface area contributed by atoms with Crippen LogP contribution < -0.4 is 0 Å². The molecular formula is C13H16O7S. The van der Waals surface area contributed by atoms with Crippen LogP contribution in [-0.2, 0) is 24.4 Å². The molecule has 0 aliphatic rings. The van der Waals surface area contributed by atoms with Gasteiger partial charge >= 0.3 is 11.9 Å². The fourth-order valence-electron chi connectivity index (χ4n) is 1.42. The summed E-state index contributed by atoms with van der Waals surface area (Å²) in [5.74, 6) is -1.93. The minimum Gasteiger partial charge on any atom is -0.464 e. The molecule has 0 saturated heterocycles. The minimum absolute atomic E-state index is 0.169. The number of rotatable bonds is 7. The van der Waals surface area contributed by atoms with E-state index >= 15 is 0 Å². The predicted octanol–water partition coefficient (Wildman–Crippen LogP) is 0.973. The lowest BCUT2D eigenvalue weighted by Crippen LogP contribution is -2.16. The Morgan fingerprint density at radius 1 is 1.19 bits per heavy atom. The SMILES string of the molecule is Cc1cccc(C(=O)OCCC(=O)OCCS(=O)(=O)O)c1. The van der Waals surface area contributed by atoms with Gasteiger partial charge in [-0.1, -0.05) is 17.7 Å². The molecule has 1 rings (SSSR count). The lowest BCUT2D eigenvalue weighted by atomic mass is 10.1. The summed E-state index contributed by atoms with van der Waals surface area (Å²) in [6.45, 7) is 1.23. The summed E-state index contributed by atoms with van der Waals surface area (Å²) >= 11 is 0. The van der Waals surface area contributed by atoms with Crippen molar-refractivity contribution in [2.75, 3.05) is 19.0 Å². The Morgan fingerprint density at radius 2 is 1.90 bits per heavy atom. The minimum atomic E-state index is -4.16. The fraction of sp³-hybridized carbons (Fsp3) is 0.385. The van der Waals surface area contributed by atoms with Crippen molar-refractivity contribution in [1.82, 2.24) is 0 Å². The second-order valence-electron chi connectivity index (χ2n) is 4.26. The second kappa shape index (κ2) is 7.75. The van der Waals surface area contributed by atoms with E-state index < -0.39 is 34.4 Å². The van der Waals surface area contributed by atoms with Crippen LogP contribution >= 0.6 is 0 Å². The maximum Gasteiger partial charge on any atom is 0.338 e. The van der Waals surface area contributed by atoms with Crippen LogP contribution in [0, 0.1) is 6.92 Å². The third-order valence-electron chi connectivity index (χ3n) is 2.40. The van der Waals surface area contributed by atoms with Gasteiger partial charge < -0.3 is 9.47 Å². The molecule has 0 spiro atoms. The molecule has 0 amide bonds. The number of hydrogen-bond donors (Lipinski definition) is 1. The van der Waals surface area contributed by atoms with Gasteiger partial charge in [-0.25, -0.2) is 4.79 Å². The highest BCUT2D eigenvalue weighted by molar-refractivity contribution is 7.85. The molecule has 0 atom stereocenters. The molecule has 0 heterocycles. The standard InChI is InChI=1S/C13H16O7S/c1-10-3-2-4-11(9-10)13(15)20-6-5-12(14)19-7-8-21(16,17)18/h2-4,9H,5-8H2,1H3,(H,16,17,18). The molecular weight excluding hydrogens is 300 g/mol. The Hall–Kier alpha value is -1.93. The summed E-state index contributed by atoms with van der Waals surface area (Å²) in [7, 11) is -4.16. The Kier molecular flexibility index (Phi) is 6.32. The highest BCUT2D eigenvalue weighted by atomic mass is 32.2. The van der Waals surface area contributed by atoms with Crippen molar-refractivity contribution in [3.05, 3.63) is 35.4 Å². The maximum absolute atomic E-state index is 11.6. The topological polar surface area (TPSA) is 107 Å². The third kappa shape index (κ3) is 7.42. The molecule has 116 valence electrons. The summed E-state index contributed by atoms with van der Waals surface area (Å²) in [5.41, 5.74) is 1.30. The molecule has 1 aromatic rings. The zero-order valence-electron chi connectivity index (χ0n) is 11.4. The molecule has 0 saturated carbocycles. The lowest BCUT2D eigenvalue weighted by Gasteiger charge is -2.06. The van der Waals surface area contributed by atoms with Gasteiger partial charge in [0.2, 0.25) is 0 Å². The number of carbonyl (C=O) groups excluding carboxylic acids is 2. The van der Waals surface area contributed by atoms with Crippen LogP contribution in [0.15, 0.2) is 24.3 Å². The molecule has 0 aliphatic heterocycles. The average Bonchev–Trinajstić information content (AvgIpc) is 2.37. The van der Waals surface area contributed by atoms with E-state index in [0.29, 0.717) is 5.56 Å². The van der Waals surface area contributed by atoms with Crippen molar-refractivity contribution in [2.24, 2.45) is 0 Å². The van der Waals surface area contributed by atoms with Gasteiger partial charge in [0.25, 0.3) is 10.1 Å². The summed E-state index contributed by atoms with van der Waals surface area (Å²) < 4.78 is 38.7. The second-order valence-corrected chi connectivity index (χ2v) is 5.83. The van der Waals surface area contributed by atoms with E-state index in [1.54, 1.807) is 18.2 Å². The molecule has 0 radical (unpaired) electrons. The predicted molar refractivity (Wildman–Crippen MR) is 73.5 cm³/mol. The summed E-state index contributed by atoms with van der Waals surface area (Å²) in [6, 6.07) is 6.81. The van der Waals surface area contributed by atoms with Crippen LogP contribution in [0.4, 0.5) is 0 Å². The Bertz CT molecular complexity index is 607. The van der Waals surface area contributed by atoms with Gasteiger partial charge in [0, 0.05) is 0 Å². The fourth-order valence-corrected chi connectivity index (χ4v) is 1.71. The number of aryl methyl sites for hydroxylation is 1. The maximum atomic E-state index is 11.6. The molecule has 7 nitrogen and oxygen atoms in total. The highest BCUT2D eigenvalue weighted by Crippen LogP contribution is 2.06. The molecule has 0 unspecified atom stereocenters. The first kappa shape index (κ1) is 17.1. The monoisotopic (exact) mass is 316 g/mol. The van der Waals surface area contributed by atoms with Crippen molar-refractivity contribution in [1.29, 1.82) is 0 Å². The lowest BCUT2D eigenvalue weighted by molar-refractivity contribution is -0.143. The zero-order valence-corrected chi connectivity index (χ0v) is 12.3. The van der Waals surface area contributed by atoms with Gasteiger partial charge in [-0.15, -0.1) is 0 Å². The quantitative estimate of drug-likeness (QED) is 0.590. The van der Waals surface area contributed by atoms with Crippen LogP contribution in [0.1, 0.15) is 22.3 Å². The highest BCUT2D eigenvalue weighted by Gasteiger charge is 2.11. The Morgan fingerprint density at radius 3 is 2.52 bits per heavy atom. The van der Waals surface area contributed by atoms with Gasteiger partial charge in [0.1, 0.15) is 19.0 Å². The van der Waals surface area contributed by atoms with Crippen molar-refractivity contribution in [2.45, 2.75) is 13.3 Å². The van der Waals surface area contributed by atoms with E-state index in [1.165, 1.54) is 0 Å². The van der Waals surface area contributed by atoms with Crippen molar-refractivity contribution >= 4 is 22.1 Å². The molecule has 0 aliphatic carbocycles. The van der Waals surface area contributed by atoms with E-state index in [4.69, 9.17) is 9.29 Å². The van der Waals surface area contributed by atoms with Crippen molar-refractivity contribution in [3.8, 4) is 0 Å². The number of carbonyl (C=O) groups is 2. The Balaban J connectivity index is 2.27. The molecule has 0 fully saturated rings. The third-order valence-corrected chi connectivity index (χ3v) is 3.08. The first-order valence-corrected chi connectivity index (χ1v) is 7.73. The van der Waals surface area contributed by atoms with Gasteiger partial charge in [0.15, 0.2) is 0 Å². The van der Waals surface area contributed by atoms with Gasteiger partial charge in [-0.3, -0.25) is 9.35 Å². The molecule has 21 heavy (non-hydrogen) atoms. The first-order valence-electron chi connectivity index (χ1n) is 6.12. The van der Waals surface area contributed by atoms with Gasteiger partial charge in [-0.2, -0.15) is 8.42 Å². The van der Waals surface area contributed by atoms with Crippen LogP contribution in [-0.4, -0.2) is 43.9 Å². The van der Waals surface area contributed by atoms with E-state index in [1.807, 2.05) is 13.0 Å². The molecule has 0 aromatic heterocycles. The zero-order chi connectivity index (χ0) is 15.9. The van der Waals surface area contributed by atoms with E-state index in [2.05, 4.69) is 4.74 Å². The normalized spacial score (nSPS) is 11.0. The average molecular weight is 316 g/mol. The number of benzene rings is 1. The van der Waals surface area contributed by atoms with Crippen LogP contribution in [0.3, 0.4) is 0 Å². The number of ether oxygens (including phenoxy) is 2. The summed E-state index contributed by atoms with van der Waals surface area (Å²) in [6.07, 6.45) is -0.191. The smallest absolute Gasteiger partial charge is 0.338 e. The van der Waals surface area contributed by atoms with E-state index in [-0.39, 0.29) is 13.0 Å². The van der Waals surface area contributed by atoms with E-state index in [9.17, 15) is 18.0 Å². The molecule has 8 heteroatoms. The van der Waals surface area contributed by atoms with Crippen LogP contribution in [0.5, 0.6) is 0 Å². The largest absolute Gasteiger partial charge is 0.464 e. The van der Waals surface area contributed by atoms with Crippen molar-refractivity contribution in [3.63, 3.8) is 0 Å². The molecule has 0 bridgehead atoms. The summed E-state index contributed by atoms with van der Waals surface area (Å²) in [4.78, 5) is 22.8. The van der Waals surface area contributed by atoms with Gasteiger partial charge in [-0.05, 0) is 19.1 Å². The number of hydrogen-bond acceptors (Lipinski definition) is 6. The Labute approximate surface area is 122 Å². The first-order chi connectivity index (χ1) is 9.78. The number of esters is 2. The molecule has 1 N–H and O–H groups in total. The van der Waals surface area contributed by atoms with Gasteiger partial charge in [0.05, 0.1) is 12.0 Å². The molecule has 1 aromatic carbocycles. The van der Waals surface area contributed by atoms with E-state index in [0.717, 1.165) is 5.56 Å².